The highest BCUT2D eigenvalue weighted by atomic mass is 16.6. The lowest BCUT2D eigenvalue weighted by Gasteiger charge is -2.02. The monoisotopic (exact) mass is 129 g/mol. The first kappa shape index (κ1) is 5.65. The van der Waals surface area contributed by atoms with E-state index in [4.69, 9.17) is 9.47 Å². The molecule has 1 radical (unpaired) electrons. The Morgan fingerprint density at radius 2 is 2.22 bits per heavy atom. The van der Waals surface area contributed by atoms with Crippen molar-refractivity contribution in [2.45, 2.75) is 31.3 Å². The quantitative estimate of drug-likeness (QED) is 0.472. The third-order valence-electron chi connectivity index (χ3n) is 1.90. The zero-order valence-electron chi connectivity index (χ0n) is 5.08. The van der Waals surface area contributed by atoms with Gasteiger partial charge in [0.15, 0.2) is 6.29 Å². The second-order valence-electron chi connectivity index (χ2n) is 2.54. The zero-order valence-corrected chi connectivity index (χ0v) is 5.08. The molecule has 2 fully saturated rings. The number of hydrogen-bond acceptors (Lipinski definition) is 2. The first-order valence-corrected chi connectivity index (χ1v) is 3.29. The smallest absolute Gasteiger partial charge is 0.194 e. The van der Waals surface area contributed by atoms with Gasteiger partial charge in [-0.25, -0.2) is 5.11 Å². The predicted octanol–water partition coefficient (Wildman–Crippen LogP) is 0.321. The summed E-state index contributed by atoms with van der Waals surface area (Å²) in [5.74, 6) is 0. The van der Waals surface area contributed by atoms with Gasteiger partial charge in [0.1, 0.15) is 0 Å². The van der Waals surface area contributed by atoms with E-state index in [0.29, 0.717) is 6.42 Å². The maximum Gasteiger partial charge on any atom is 0.194 e. The first-order chi connectivity index (χ1) is 4.36. The van der Waals surface area contributed by atoms with Gasteiger partial charge >= 0.3 is 0 Å². The van der Waals surface area contributed by atoms with E-state index < -0.39 is 6.29 Å². The van der Waals surface area contributed by atoms with E-state index in [2.05, 4.69) is 0 Å². The molecule has 3 atom stereocenters. The summed E-state index contributed by atoms with van der Waals surface area (Å²) in [4.78, 5) is 0. The van der Waals surface area contributed by atoms with Gasteiger partial charge in [-0.1, -0.05) is 0 Å². The highest BCUT2D eigenvalue weighted by Crippen LogP contribution is 2.29. The molecule has 2 heterocycles. The van der Waals surface area contributed by atoms with Crippen molar-refractivity contribution in [3.05, 3.63) is 0 Å². The fourth-order valence-electron chi connectivity index (χ4n) is 1.44. The molecule has 0 N–H and O–H groups in total. The molecule has 9 heavy (non-hydrogen) atoms. The Balaban J connectivity index is 2.02. The molecule has 3 nitrogen and oxygen atoms in total. The van der Waals surface area contributed by atoms with E-state index in [1.165, 1.54) is 0 Å². The molecule has 2 rings (SSSR count). The van der Waals surface area contributed by atoms with Gasteiger partial charge in [0.25, 0.3) is 0 Å². The van der Waals surface area contributed by atoms with Gasteiger partial charge in [-0.3, -0.25) is 0 Å². The average molecular weight is 129 g/mol. The molecule has 0 saturated carbocycles. The van der Waals surface area contributed by atoms with Crippen LogP contribution in [0, 0.1) is 0 Å². The third kappa shape index (κ3) is 0.852. The number of rotatable bonds is 0. The molecule has 3 heteroatoms. The molecule has 0 aliphatic carbocycles. The zero-order chi connectivity index (χ0) is 6.27. The molecule has 51 valence electrons. The van der Waals surface area contributed by atoms with Crippen molar-refractivity contribution in [3.63, 3.8) is 0 Å². The van der Waals surface area contributed by atoms with Gasteiger partial charge in [0.2, 0.25) is 0 Å². The van der Waals surface area contributed by atoms with Gasteiger partial charge in [-0.2, -0.15) is 0 Å². The van der Waals surface area contributed by atoms with Crippen molar-refractivity contribution < 1.29 is 14.6 Å². The van der Waals surface area contributed by atoms with Gasteiger partial charge < -0.3 is 9.47 Å². The maximum absolute atomic E-state index is 10.6. The summed E-state index contributed by atoms with van der Waals surface area (Å²) in [7, 11) is 0. The van der Waals surface area contributed by atoms with Crippen LogP contribution in [-0.2, 0) is 14.6 Å². The van der Waals surface area contributed by atoms with E-state index >= 15 is 0 Å². The normalized spacial score (nSPS) is 49.7. The van der Waals surface area contributed by atoms with Crippen LogP contribution < -0.4 is 0 Å². The molecule has 0 aromatic rings. The molecule has 2 aliphatic heterocycles. The predicted molar refractivity (Wildman–Crippen MR) is 28.3 cm³/mol. The lowest BCUT2D eigenvalue weighted by molar-refractivity contribution is -0.129. The van der Waals surface area contributed by atoms with E-state index in [0.717, 1.165) is 13.0 Å². The van der Waals surface area contributed by atoms with Crippen LogP contribution in [0.2, 0.25) is 0 Å². The summed E-state index contributed by atoms with van der Waals surface area (Å²) in [6.45, 7) is 0.766. The third-order valence-corrected chi connectivity index (χ3v) is 1.90. The molecule has 0 bridgehead atoms. The minimum Gasteiger partial charge on any atom is -0.375 e. The lowest BCUT2D eigenvalue weighted by Crippen LogP contribution is -2.13. The number of fused-ring (bicyclic) bond motifs is 1. The van der Waals surface area contributed by atoms with Crippen molar-refractivity contribution in [2.75, 3.05) is 6.61 Å². The second-order valence-corrected chi connectivity index (χ2v) is 2.54. The van der Waals surface area contributed by atoms with Gasteiger partial charge in [-0.15, -0.1) is 0 Å². The second kappa shape index (κ2) is 1.94. The maximum atomic E-state index is 10.6. The SMILES string of the molecule is [O]C1CC2OCCC2O1. The Morgan fingerprint density at radius 3 is 3.00 bits per heavy atom. The highest BCUT2D eigenvalue weighted by molar-refractivity contribution is 4.83. The topological polar surface area (TPSA) is 38.4 Å². The van der Waals surface area contributed by atoms with Crippen LogP contribution in [0.3, 0.4) is 0 Å². The average Bonchev–Trinajstić information content (AvgIpc) is 2.22. The summed E-state index contributed by atoms with van der Waals surface area (Å²) >= 11 is 0. The van der Waals surface area contributed by atoms with Crippen molar-refractivity contribution in [2.24, 2.45) is 0 Å². The highest BCUT2D eigenvalue weighted by Gasteiger charge is 2.39. The van der Waals surface area contributed by atoms with Crippen LogP contribution >= 0.6 is 0 Å². The van der Waals surface area contributed by atoms with Gasteiger partial charge in [-0.05, 0) is 6.42 Å². The van der Waals surface area contributed by atoms with Crippen LogP contribution in [0.1, 0.15) is 12.8 Å². The van der Waals surface area contributed by atoms with E-state index in [1.807, 2.05) is 0 Å². The number of ether oxygens (including phenoxy) is 2. The minimum atomic E-state index is -0.819. The standard InChI is InChI=1S/C6H9O3/c7-6-3-5-4(9-6)1-2-8-5/h4-6H,1-3H2. The fourth-order valence-corrected chi connectivity index (χ4v) is 1.44. The van der Waals surface area contributed by atoms with E-state index in [-0.39, 0.29) is 12.2 Å². The number of hydrogen-bond donors (Lipinski definition) is 0. The summed E-state index contributed by atoms with van der Waals surface area (Å²) in [5.41, 5.74) is 0. The van der Waals surface area contributed by atoms with Crippen LogP contribution in [0.15, 0.2) is 0 Å². The van der Waals surface area contributed by atoms with E-state index in [9.17, 15) is 5.11 Å². The molecule has 0 aromatic heterocycles. The fraction of sp³-hybridized carbons (Fsp3) is 1.00. The van der Waals surface area contributed by atoms with Crippen molar-refractivity contribution >= 4 is 0 Å². The van der Waals surface area contributed by atoms with E-state index in [1.54, 1.807) is 0 Å². The molecular formula is C6H9O3. The Bertz CT molecular complexity index is 103. The molecule has 0 spiro atoms. The summed E-state index contributed by atoms with van der Waals surface area (Å²) in [6, 6.07) is 0. The minimum absolute atomic E-state index is 0.118. The Labute approximate surface area is 53.6 Å². The molecular weight excluding hydrogens is 120 g/mol. The Hall–Kier alpha value is -0.120. The van der Waals surface area contributed by atoms with Crippen LogP contribution in [0.4, 0.5) is 0 Å². The Morgan fingerprint density at radius 1 is 1.33 bits per heavy atom. The molecule has 0 aromatic carbocycles. The largest absolute Gasteiger partial charge is 0.375 e. The lowest BCUT2D eigenvalue weighted by atomic mass is 10.2. The Kier molecular flexibility index (Phi) is 1.22. The molecule has 2 saturated heterocycles. The van der Waals surface area contributed by atoms with Crippen molar-refractivity contribution in [1.29, 1.82) is 0 Å². The van der Waals surface area contributed by atoms with Crippen LogP contribution in [0.5, 0.6) is 0 Å². The summed E-state index contributed by atoms with van der Waals surface area (Å²) in [6.07, 6.45) is 0.869. The molecule has 3 unspecified atom stereocenters. The van der Waals surface area contributed by atoms with Crippen LogP contribution in [0.25, 0.3) is 0 Å². The van der Waals surface area contributed by atoms with Gasteiger partial charge in [0.05, 0.1) is 12.2 Å². The summed E-state index contributed by atoms with van der Waals surface area (Å²) < 4.78 is 10.2. The molecule has 0 amide bonds. The van der Waals surface area contributed by atoms with Gasteiger partial charge in [0, 0.05) is 13.0 Å². The molecule has 2 aliphatic rings. The van der Waals surface area contributed by atoms with Crippen molar-refractivity contribution in [1.82, 2.24) is 0 Å². The first-order valence-electron chi connectivity index (χ1n) is 3.29. The van der Waals surface area contributed by atoms with Crippen LogP contribution in [-0.4, -0.2) is 25.1 Å². The van der Waals surface area contributed by atoms with Crippen molar-refractivity contribution in [3.8, 4) is 0 Å². The summed E-state index contributed by atoms with van der Waals surface area (Å²) in [5, 5.41) is 10.6.